The fourth-order valence-corrected chi connectivity index (χ4v) is 3.10. The first-order chi connectivity index (χ1) is 13.1. The van der Waals surface area contributed by atoms with Gasteiger partial charge in [-0.3, -0.25) is 4.79 Å². The van der Waals surface area contributed by atoms with Crippen LogP contribution in [0, 0.1) is 0 Å². The summed E-state index contributed by atoms with van der Waals surface area (Å²) in [7, 11) is 1.60. The predicted octanol–water partition coefficient (Wildman–Crippen LogP) is 3.17. The number of ether oxygens (including phenoxy) is 2. The number of rotatable bonds is 4. The van der Waals surface area contributed by atoms with Crippen molar-refractivity contribution in [2.45, 2.75) is 12.8 Å². The number of carbonyl (C=O) groups is 2. The van der Waals surface area contributed by atoms with Crippen LogP contribution in [-0.2, 0) is 14.3 Å². The molecule has 2 heterocycles. The number of aliphatic imine (C=N–C) groups is 1. The normalized spacial score (nSPS) is 18.0. The first-order valence-corrected chi connectivity index (χ1v) is 8.71. The molecule has 1 amide bonds. The molecule has 0 unspecified atom stereocenters. The molecule has 0 N–H and O–H groups in total. The van der Waals surface area contributed by atoms with Gasteiger partial charge in [0.25, 0.3) is 0 Å². The predicted molar refractivity (Wildman–Crippen MR) is 102 cm³/mol. The molecule has 0 aliphatic carbocycles. The van der Waals surface area contributed by atoms with Crippen LogP contribution in [0.5, 0.6) is 5.75 Å². The van der Waals surface area contributed by atoms with E-state index in [9.17, 15) is 9.59 Å². The summed E-state index contributed by atoms with van der Waals surface area (Å²) >= 11 is 0. The van der Waals surface area contributed by atoms with Crippen LogP contribution >= 0.6 is 0 Å². The Hall–Kier alpha value is -3.41. The summed E-state index contributed by atoms with van der Waals surface area (Å²) in [4.78, 5) is 30.0. The zero-order chi connectivity index (χ0) is 18.8. The Morgan fingerprint density at radius 1 is 1.07 bits per heavy atom. The third-order valence-corrected chi connectivity index (χ3v) is 4.54. The summed E-state index contributed by atoms with van der Waals surface area (Å²) in [5.41, 5.74) is 2.61. The molecule has 27 heavy (non-hydrogen) atoms. The van der Waals surface area contributed by atoms with Gasteiger partial charge in [-0.1, -0.05) is 12.1 Å². The summed E-state index contributed by atoms with van der Waals surface area (Å²) in [6.45, 7) is 0.739. The van der Waals surface area contributed by atoms with E-state index in [0.29, 0.717) is 12.0 Å². The summed E-state index contributed by atoms with van der Waals surface area (Å²) in [5, 5.41) is 0. The zero-order valence-electron chi connectivity index (χ0n) is 14.8. The maximum atomic E-state index is 12.1. The minimum absolute atomic E-state index is 0.136. The summed E-state index contributed by atoms with van der Waals surface area (Å²) in [6, 6.07) is 14.6. The van der Waals surface area contributed by atoms with Crippen molar-refractivity contribution < 1.29 is 19.1 Å². The van der Waals surface area contributed by atoms with Crippen molar-refractivity contribution >= 4 is 29.5 Å². The molecule has 1 saturated heterocycles. The molecule has 2 aliphatic rings. The number of esters is 1. The van der Waals surface area contributed by atoms with E-state index in [0.717, 1.165) is 30.0 Å². The first-order valence-electron chi connectivity index (χ1n) is 8.71. The number of anilines is 1. The summed E-state index contributed by atoms with van der Waals surface area (Å²) in [6.07, 6.45) is 3.14. The van der Waals surface area contributed by atoms with Gasteiger partial charge in [-0.25, -0.2) is 9.79 Å². The number of methoxy groups -OCH3 is 1. The fourth-order valence-electron chi connectivity index (χ4n) is 3.10. The molecule has 2 aromatic carbocycles. The van der Waals surface area contributed by atoms with E-state index >= 15 is 0 Å². The maximum absolute atomic E-state index is 12.1. The van der Waals surface area contributed by atoms with Crippen LogP contribution in [0.4, 0.5) is 5.69 Å². The van der Waals surface area contributed by atoms with Crippen LogP contribution in [0.2, 0.25) is 0 Å². The Bertz CT molecular complexity index is 943. The molecule has 136 valence electrons. The number of carbonyl (C=O) groups excluding carboxylic acids is 2. The molecule has 4 rings (SSSR count). The van der Waals surface area contributed by atoms with Gasteiger partial charge in [0.1, 0.15) is 5.75 Å². The van der Waals surface area contributed by atoms with Crippen molar-refractivity contribution in [1.29, 1.82) is 0 Å². The minimum Gasteiger partial charge on any atom is -0.497 e. The quantitative estimate of drug-likeness (QED) is 0.619. The Balaban J connectivity index is 1.55. The molecular weight excluding hydrogens is 344 g/mol. The van der Waals surface area contributed by atoms with Crippen molar-refractivity contribution in [2.24, 2.45) is 4.99 Å². The molecule has 0 bridgehead atoms. The van der Waals surface area contributed by atoms with Crippen LogP contribution in [0.25, 0.3) is 6.08 Å². The van der Waals surface area contributed by atoms with Crippen LogP contribution < -0.4 is 9.64 Å². The third kappa shape index (κ3) is 3.46. The molecule has 6 heteroatoms. The van der Waals surface area contributed by atoms with E-state index < -0.39 is 5.97 Å². The number of nitrogens with zero attached hydrogens (tertiary/aromatic N) is 2. The molecule has 2 aliphatic heterocycles. The number of benzene rings is 2. The second-order valence-corrected chi connectivity index (χ2v) is 6.31. The van der Waals surface area contributed by atoms with Gasteiger partial charge in [-0.2, -0.15) is 0 Å². The van der Waals surface area contributed by atoms with Gasteiger partial charge in [-0.15, -0.1) is 0 Å². The second-order valence-electron chi connectivity index (χ2n) is 6.31. The van der Waals surface area contributed by atoms with Crippen molar-refractivity contribution in [3.05, 3.63) is 65.4 Å². The fraction of sp³-hybridized carbons (Fsp3) is 0.190. The molecule has 1 fully saturated rings. The first kappa shape index (κ1) is 17.0. The van der Waals surface area contributed by atoms with E-state index in [-0.39, 0.29) is 17.5 Å². The summed E-state index contributed by atoms with van der Waals surface area (Å²) < 4.78 is 10.4. The SMILES string of the molecule is COc1ccc(/C=C2/N=C(c3ccc(N4CCCC4=O)cc3)OC2=O)cc1. The number of cyclic esters (lactones) is 1. The lowest BCUT2D eigenvalue weighted by atomic mass is 10.2. The molecule has 0 aromatic heterocycles. The monoisotopic (exact) mass is 362 g/mol. The highest BCUT2D eigenvalue weighted by molar-refractivity contribution is 6.13. The molecule has 0 radical (unpaired) electrons. The van der Waals surface area contributed by atoms with Gasteiger partial charge in [0.15, 0.2) is 5.70 Å². The number of hydrogen-bond donors (Lipinski definition) is 0. The van der Waals surface area contributed by atoms with Crippen molar-refractivity contribution in [3.63, 3.8) is 0 Å². The van der Waals surface area contributed by atoms with E-state index in [2.05, 4.69) is 4.99 Å². The summed E-state index contributed by atoms with van der Waals surface area (Å²) in [5.74, 6) is 0.655. The Morgan fingerprint density at radius 2 is 1.81 bits per heavy atom. The second kappa shape index (κ2) is 7.07. The van der Waals surface area contributed by atoms with Gasteiger partial charge >= 0.3 is 5.97 Å². The number of hydrogen-bond acceptors (Lipinski definition) is 5. The molecule has 6 nitrogen and oxygen atoms in total. The van der Waals surface area contributed by atoms with Gasteiger partial charge in [-0.05, 0) is 54.5 Å². The highest BCUT2D eigenvalue weighted by Gasteiger charge is 2.25. The van der Waals surface area contributed by atoms with Crippen molar-refractivity contribution in [1.82, 2.24) is 0 Å². The molecular formula is C21H18N2O4. The highest BCUT2D eigenvalue weighted by Crippen LogP contribution is 2.24. The van der Waals surface area contributed by atoms with Crippen LogP contribution in [0.3, 0.4) is 0 Å². The highest BCUT2D eigenvalue weighted by atomic mass is 16.6. The maximum Gasteiger partial charge on any atom is 0.363 e. The van der Waals surface area contributed by atoms with Crippen LogP contribution in [0.15, 0.2) is 59.2 Å². The molecule has 0 saturated carbocycles. The Labute approximate surface area is 156 Å². The van der Waals surface area contributed by atoms with Gasteiger partial charge in [0.2, 0.25) is 11.8 Å². The van der Waals surface area contributed by atoms with Crippen LogP contribution in [-0.4, -0.2) is 31.4 Å². The smallest absolute Gasteiger partial charge is 0.363 e. The molecule has 0 spiro atoms. The lowest BCUT2D eigenvalue weighted by molar-refractivity contribution is -0.130. The lowest BCUT2D eigenvalue weighted by Crippen LogP contribution is -2.23. The average Bonchev–Trinajstić information content (AvgIpc) is 3.28. The zero-order valence-corrected chi connectivity index (χ0v) is 14.8. The molecule has 2 aromatic rings. The molecule has 0 atom stereocenters. The topological polar surface area (TPSA) is 68.2 Å². The lowest BCUT2D eigenvalue weighted by Gasteiger charge is -2.15. The minimum atomic E-state index is -0.486. The standard InChI is InChI=1S/C21H18N2O4/c1-26-17-10-4-14(5-11-17)13-18-21(25)27-20(22-18)15-6-8-16(9-7-15)23-12-2-3-19(23)24/h4-11,13H,2-3,12H2,1H3/b18-13+. The van der Waals surface area contributed by atoms with Crippen molar-refractivity contribution in [3.8, 4) is 5.75 Å². The van der Waals surface area contributed by atoms with Crippen LogP contribution in [0.1, 0.15) is 24.0 Å². The average molecular weight is 362 g/mol. The van der Waals surface area contributed by atoms with E-state index in [4.69, 9.17) is 9.47 Å². The van der Waals surface area contributed by atoms with E-state index in [1.165, 1.54) is 0 Å². The van der Waals surface area contributed by atoms with Gasteiger partial charge in [0, 0.05) is 24.2 Å². The van der Waals surface area contributed by atoms with E-state index in [1.807, 2.05) is 48.5 Å². The number of amides is 1. The van der Waals surface area contributed by atoms with Crippen molar-refractivity contribution in [2.75, 3.05) is 18.6 Å². The Kier molecular flexibility index (Phi) is 4.46. The largest absolute Gasteiger partial charge is 0.497 e. The Morgan fingerprint density at radius 3 is 2.44 bits per heavy atom. The van der Waals surface area contributed by atoms with Gasteiger partial charge < -0.3 is 14.4 Å². The van der Waals surface area contributed by atoms with Gasteiger partial charge in [0.05, 0.1) is 7.11 Å². The van der Waals surface area contributed by atoms with E-state index in [1.54, 1.807) is 18.1 Å². The third-order valence-electron chi connectivity index (χ3n) is 4.54.